The number of methoxy groups -OCH3 is 1. The zero-order valence-electron chi connectivity index (χ0n) is 12.3. The van der Waals surface area contributed by atoms with Crippen LogP contribution in [0.3, 0.4) is 0 Å². The van der Waals surface area contributed by atoms with Crippen LogP contribution in [-0.4, -0.2) is 61.2 Å². The molecule has 1 heterocycles. The summed E-state index contributed by atoms with van der Waals surface area (Å²) in [5.41, 5.74) is 0.292. The van der Waals surface area contributed by atoms with E-state index in [2.05, 4.69) is 11.9 Å². The van der Waals surface area contributed by atoms with E-state index >= 15 is 0 Å². The van der Waals surface area contributed by atoms with E-state index < -0.39 is 0 Å². The summed E-state index contributed by atoms with van der Waals surface area (Å²) in [7, 11) is 5.34. The van der Waals surface area contributed by atoms with Crippen molar-refractivity contribution in [3.63, 3.8) is 0 Å². The molecular formula is C15H22N2O3. The number of phenolic OH excluding ortho intramolecular Hbond substituents is 1. The molecule has 1 saturated heterocycles. The standard InChI is InChI=1S/C15H22N2O3/c1-16-9-5-6-11(10-16)17(2)15(19)12-7-4-8-13(20-3)14(12)18/h4,7-8,11,18H,5-6,9-10H2,1-3H3. The monoisotopic (exact) mass is 278 g/mol. The third-order valence-electron chi connectivity index (χ3n) is 3.92. The van der Waals surface area contributed by atoms with Crippen LogP contribution in [-0.2, 0) is 0 Å². The van der Waals surface area contributed by atoms with Crippen molar-refractivity contribution in [1.82, 2.24) is 9.80 Å². The van der Waals surface area contributed by atoms with Crippen molar-refractivity contribution in [1.29, 1.82) is 0 Å². The lowest BCUT2D eigenvalue weighted by molar-refractivity contribution is 0.0640. The van der Waals surface area contributed by atoms with Crippen LogP contribution in [0.1, 0.15) is 23.2 Å². The Labute approximate surface area is 119 Å². The number of nitrogens with zero attached hydrogens (tertiary/aromatic N) is 2. The van der Waals surface area contributed by atoms with Crippen LogP contribution in [0.2, 0.25) is 0 Å². The Hall–Kier alpha value is -1.75. The minimum atomic E-state index is -0.165. The van der Waals surface area contributed by atoms with Gasteiger partial charge in [0, 0.05) is 19.6 Å². The van der Waals surface area contributed by atoms with Gasteiger partial charge in [-0.1, -0.05) is 6.07 Å². The molecule has 5 heteroatoms. The highest BCUT2D eigenvalue weighted by molar-refractivity contribution is 5.97. The van der Waals surface area contributed by atoms with E-state index in [1.54, 1.807) is 30.1 Å². The van der Waals surface area contributed by atoms with Gasteiger partial charge in [0.05, 0.1) is 12.7 Å². The second-order valence-corrected chi connectivity index (χ2v) is 5.33. The maximum atomic E-state index is 12.5. The first-order valence-electron chi connectivity index (χ1n) is 6.86. The number of piperidine rings is 1. The van der Waals surface area contributed by atoms with Gasteiger partial charge in [0.25, 0.3) is 5.91 Å². The van der Waals surface area contributed by atoms with Gasteiger partial charge in [0.2, 0.25) is 0 Å². The van der Waals surface area contributed by atoms with Crippen LogP contribution in [0.5, 0.6) is 11.5 Å². The van der Waals surface area contributed by atoms with Crippen molar-refractivity contribution < 1.29 is 14.6 Å². The van der Waals surface area contributed by atoms with Gasteiger partial charge in [-0.3, -0.25) is 4.79 Å². The Balaban J connectivity index is 2.18. The van der Waals surface area contributed by atoms with Crippen molar-refractivity contribution in [2.24, 2.45) is 0 Å². The Morgan fingerprint density at radius 3 is 2.90 bits per heavy atom. The van der Waals surface area contributed by atoms with E-state index in [0.717, 1.165) is 25.9 Å². The third-order valence-corrected chi connectivity index (χ3v) is 3.92. The molecule has 1 aliphatic rings. The van der Waals surface area contributed by atoms with E-state index in [1.165, 1.54) is 7.11 Å². The lowest BCUT2D eigenvalue weighted by Gasteiger charge is -2.36. The number of hydrogen-bond donors (Lipinski definition) is 1. The molecule has 1 aromatic rings. The van der Waals surface area contributed by atoms with Crippen molar-refractivity contribution in [3.8, 4) is 11.5 Å². The summed E-state index contributed by atoms with van der Waals surface area (Å²) in [5, 5.41) is 10.1. The third kappa shape index (κ3) is 2.88. The van der Waals surface area contributed by atoms with Gasteiger partial charge in [-0.05, 0) is 38.6 Å². The van der Waals surface area contributed by atoms with E-state index in [9.17, 15) is 9.90 Å². The highest BCUT2D eigenvalue weighted by Gasteiger charge is 2.27. The number of likely N-dealkylation sites (N-methyl/N-ethyl adjacent to an activating group) is 2. The maximum absolute atomic E-state index is 12.5. The fraction of sp³-hybridized carbons (Fsp3) is 0.533. The normalized spacial score (nSPS) is 19.6. The summed E-state index contributed by atoms with van der Waals surface area (Å²) in [6.45, 7) is 1.94. The molecule has 0 spiro atoms. The lowest BCUT2D eigenvalue weighted by atomic mass is 10.0. The molecule has 0 aromatic heterocycles. The molecule has 20 heavy (non-hydrogen) atoms. The van der Waals surface area contributed by atoms with Gasteiger partial charge < -0.3 is 19.6 Å². The molecular weight excluding hydrogens is 256 g/mol. The fourth-order valence-electron chi connectivity index (χ4n) is 2.67. The topological polar surface area (TPSA) is 53.0 Å². The average Bonchev–Trinajstić information content (AvgIpc) is 2.46. The second kappa shape index (κ2) is 6.13. The molecule has 0 radical (unpaired) electrons. The molecule has 5 nitrogen and oxygen atoms in total. The van der Waals surface area contributed by atoms with Gasteiger partial charge in [-0.15, -0.1) is 0 Å². The number of aromatic hydroxyl groups is 1. The minimum absolute atomic E-state index is 0.0870. The number of carbonyl (C=O) groups is 1. The first-order valence-corrected chi connectivity index (χ1v) is 6.86. The average molecular weight is 278 g/mol. The number of ether oxygens (including phenoxy) is 1. The Kier molecular flexibility index (Phi) is 4.49. The van der Waals surface area contributed by atoms with Gasteiger partial charge >= 0.3 is 0 Å². The van der Waals surface area contributed by atoms with E-state index in [1.807, 2.05) is 0 Å². The number of carbonyl (C=O) groups excluding carboxylic acids is 1. The van der Waals surface area contributed by atoms with Crippen molar-refractivity contribution in [2.75, 3.05) is 34.3 Å². The van der Waals surface area contributed by atoms with Gasteiger partial charge in [-0.2, -0.15) is 0 Å². The maximum Gasteiger partial charge on any atom is 0.257 e. The molecule has 110 valence electrons. The first-order chi connectivity index (χ1) is 9.54. The minimum Gasteiger partial charge on any atom is -0.504 e. The molecule has 1 atom stereocenters. The molecule has 1 fully saturated rings. The first kappa shape index (κ1) is 14.7. The number of amides is 1. The smallest absolute Gasteiger partial charge is 0.257 e. The van der Waals surface area contributed by atoms with E-state index in [0.29, 0.717) is 11.3 Å². The van der Waals surface area contributed by atoms with Gasteiger partial charge in [0.15, 0.2) is 11.5 Å². The molecule has 1 N–H and O–H groups in total. The fourth-order valence-corrected chi connectivity index (χ4v) is 2.67. The van der Waals surface area contributed by atoms with Crippen LogP contribution in [0.25, 0.3) is 0 Å². The summed E-state index contributed by atoms with van der Waals surface area (Å²) in [6.07, 6.45) is 2.08. The predicted octanol–water partition coefficient (Wildman–Crippen LogP) is 1.57. The molecule has 1 aromatic carbocycles. The number of likely N-dealkylation sites (tertiary alicyclic amines) is 1. The summed E-state index contributed by atoms with van der Waals surface area (Å²) in [4.78, 5) is 16.5. The molecule has 1 unspecified atom stereocenters. The number of benzene rings is 1. The number of phenols is 1. The van der Waals surface area contributed by atoms with Gasteiger partial charge in [-0.25, -0.2) is 0 Å². The zero-order chi connectivity index (χ0) is 14.7. The van der Waals surface area contributed by atoms with Crippen LogP contribution in [0.15, 0.2) is 18.2 Å². The second-order valence-electron chi connectivity index (χ2n) is 5.33. The molecule has 0 bridgehead atoms. The van der Waals surface area contributed by atoms with E-state index in [4.69, 9.17) is 4.74 Å². The predicted molar refractivity (Wildman–Crippen MR) is 77.3 cm³/mol. The Morgan fingerprint density at radius 2 is 2.25 bits per heavy atom. The SMILES string of the molecule is COc1cccc(C(=O)N(C)C2CCCN(C)C2)c1O. The summed E-state index contributed by atoms with van der Waals surface area (Å²) >= 11 is 0. The van der Waals surface area contributed by atoms with Crippen LogP contribution in [0, 0.1) is 0 Å². The molecule has 1 amide bonds. The molecule has 2 rings (SSSR count). The molecule has 0 aliphatic carbocycles. The largest absolute Gasteiger partial charge is 0.504 e. The quantitative estimate of drug-likeness (QED) is 0.912. The van der Waals surface area contributed by atoms with Crippen molar-refractivity contribution >= 4 is 5.91 Å². The highest BCUT2D eigenvalue weighted by Crippen LogP contribution is 2.30. The molecule has 0 saturated carbocycles. The summed E-state index contributed by atoms with van der Waals surface area (Å²) in [6, 6.07) is 5.17. The van der Waals surface area contributed by atoms with E-state index in [-0.39, 0.29) is 17.7 Å². The van der Waals surface area contributed by atoms with Crippen LogP contribution in [0.4, 0.5) is 0 Å². The lowest BCUT2D eigenvalue weighted by Crippen LogP contribution is -2.47. The number of hydrogen-bond acceptors (Lipinski definition) is 4. The Morgan fingerprint density at radius 1 is 1.50 bits per heavy atom. The Bertz CT molecular complexity index is 490. The summed E-state index contributed by atoms with van der Waals surface area (Å²) in [5.74, 6) is 0.0720. The van der Waals surface area contributed by atoms with Crippen LogP contribution < -0.4 is 4.74 Å². The van der Waals surface area contributed by atoms with Crippen LogP contribution >= 0.6 is 0 Å². The molecule has 1 aliphatic heterocycles. The van der Waals surface area contributed by atoms with Crippen molar-refractivity contribution in [2.45, 2.75) is 18.9 Å². The van der Waals surface area contributed by atoms with Gasteiger partial charge in [0.1, 0.15) is 0 Å². The van der Waals surface area contributed by atoms with Crippen molar-refractivity contribution in [3.05, 3.63) is 23.8 Å². The zero-order valence-corrected chi connectivity index (χ0v) is 12.3. The number of para-hydroxylation sites is 1. The highest BCUT2D eigenvalue weighted by atomic mass is 16.5. The number of rotatable bonds is 3. The summed E-state index contributed by atoms with van der Waals surface area (Å²) < 4.78 is 5.05.